The summed E-state index contributed by atoms with van der Waals surface area (Å²) in [6, 6.07) is -0.236. The molecule has 3 fully saturated rings. The molecule has 1 aliphatic carbocycles. The summed E-state index contributed by atoms with van der Waals surface area (Å²) in [5.41, 5.74) is 5.70. The van der Waals surface area contributed by atoms with Crippen LogP contribution in [0.5, 0.6) is 0 Å². The monoisotopic (exact) mass is 311 g/mol. The van der Waals surface area contributed by atoms with Crippen LogP contribution in [0.4, 0.5) is 0 Å². The third-order valence-corrected chi connectivity index (χ3v) is 6.10. The van der Waals surface area contributed by atoms with Gasteiger partial charge in [-0.2, -0.15) is 0 Å². The molecule has 2 unspecified atom stereocenters. The van der Waals surface area contributed by atoms with E-state index >= 15 is 0 Å². The highest BCUT2D eigenvalue weighted by Crippen LogP contribution is 2.31. The van der Waals surface area contributed by atoms with Gasteiger partial charge in [-0.3, -0.25) is 9.59 Å². The Morgan fingerprint density at radius 3 is 2.57 bits per heavy atom. The smallest absolute Gasteiger partial charge is 0.246 e. The van der Waals surface area contributed by atoms with Crippen molar-refractivity contribution < 1.29 is 9.59 Å². The van der Waals surface area contributed by atoms with Crippen molar-refractivity contribution in [3.05, 3.63) is 0 Å². The molecule has 2 heterocycles. The minimum atomic E-state index is -0.236. The van der Waals surface area contributed by atoms with E-state index < -0.39 is 0 Å². The fourth-order valence-corrected chi connectivity index (χ4v) is 4.86. The number of hydrogen-bond acceptors (Lipinski definition) is 4. The molecule has 2 atom stereocenters. The van der Waals surface area contributed by atoms with Crippen LogP contribution in [0.25, 0.3) is 0 Å². The first kappa shape index (κ1) is 15.2. The van der Waals surface area contributed by atoms with E-state index in [0.29, 0.717) is 18.3 Å². The van der Waals surface area contributed by atoms with Gasteiger partial charge < -0.3 is 15.5 Å². The number of carbonyl (C=O) groups is 2. The van der Waals surface area contributed by atoms with Gasteiger partial charge in [0.15, 0.2) is 0 Å². The molecule has 0 bridgehead atoms. The fraction of sp³-hybridized carbons (Fsp3) is 0.867. The highest BCUT2D eigenvalue weighted by atomic mass is 32.2. The van der Waals surface area contributed by atoms with Crippen LogP contribution in [-0.4, -0.2) is 58.9 Å². The van der Waals surface area contributed by atoms with Crippen LogP contribution in [0.1, 0.15) is 32.1 Å². The second kappa shape index (κ2) is 6.57. The molecule has 0 spiro atoms. The lowest BCUT2D eigenvalue weighted by Crippen LogP contribution is -2.49. The minimum Gasteiger partial charge on any atom is -0.341 e. The molecule has 2 aliphatic heterocycles. The molecule has 0 aromatic heterocycles. The van der Waals surface area contributed by atoms with Gasteiger partial charge >= 0.3 is 0 Å². The maximum absolute atomic E-state index is 12.7. The highest BCUT2D eigenvalue weighted by molar-refractivity contribution is 7.99. The number of likely N-dealkylation sites (tertiary alicyclic amines) is 1. The van der Waals surface area contributed by atoms with Gasteiger partial charge in [-0.05, 0) is 31.7 Å². The van der Waals surface area contributed by atoms with Crippen LogP contribution in [-0.2, 0) is 9.59 Å². The molecule has 2 saturated heterocycles. The Kier molecular flexibility index (Phi) is 4.74. The standard InChI is InChI=1S/C15H25N3O2S/c16-7-11-5-6-17(8-11)15(20)13-9-21-10-18(13)14(19)12-3-1-2-4-12/h11-13H,1-10,16H2. The van der Waals surface area contributed by atoms with Crippen LogP contribution in [0, 0.1) is 11.8 Å². The van der Waals surface area contributed by atoms with Crippen molar-refractivity contribution in [2.45, 2.75) is 38.1 Å². The van der Waals surface area contributed by atoms with Crippen molar-refractivity contribution in [1.82, 2.24) is 9.80 Å². The van der Waals surface area contributed by atoms with E-state index in [9.17, 15) is 9.59 Å². The molecule has 2 N–H and O–H groups in total. The van der Waals surface area contributed by atoms with Crippen LogP contribution in [0.15, 0.2) is 0 Å². The maximum Gasteiger partial charge on any atom is 0.246 e. The normalized spacial score (nSPS) is 30.3. The minimum absolute atomic E-state index is 0.141. The van der Waals surface area contributed by atoms with Gasteiger partial charge in [-0.15, -0.1) is 11.8 Å². The van der Waals surface area contributed by atoms with Crippen molar-refractivity contribution in [2.75, 3.05) is 31.3 Å². The molecular formula is C15H25N3O2S. The topological polar surface area (TPSA) is 66.6 Å². The van der Waals surface area contributed by atoms with E-state index in [1.54, 1.807) is 11.8 Å². The summed E-state index contributed by atoms with van der Waals surface area (Å²) in [6.07, 6.45) is 5.30. The number of carbonyl (C=O) groups excluding carboxylic acids is 2. The maximum atomic E-state index is 12.7. The van der Waals surface area contributed by atoms with Gasteiger partial charge in [0.2, 0.25) is 11.8 Å². The van der Waals surface area contributed by atoms with E-state index in [2.05, 4.69) is 0 Å². The molecule has 3 rings (SSSR count). The van der Waals surface area contributed by atoms with Crippen LogP contribution >= 0.6 is 11.8 Å². The van der Waals surface area contributed by atoms with Gasteiger partial charge in [0.25, 0.3) is 0 Å². The van der Waals surface area contributed by atoms with Gasteiger partial charge in [0, 0.05) is 24.8 Å². The summed E-state index contributed by atoms with van der Waals surface area (Å²) in [5.74, 6) is 2.38. The number of nitrogens with zero attached hydrogens (tertiary/aromatic N) is 2. The number of amides is 2. The predicted molar refractivity (Wildman–Crippen MR) is 83.7 cm³/mol. The molecule has 21 heavy (non-hydrogen) atoms. The summed E-state index contributed by atoms with van der Waals surface area (Å²) >= 11 is 1.70. The van der Waals surface area contributed by atoms with E-state index in [4.69, 9.17) is 5.73 Å². The SMILES string of the molecule is NCC1CCN(C(=O)C2CSCN2C(=O)C2CCCC2)C1. The predicted octanol–water partition coefficient (Wildman–Crippen LogP) is 0.885. The van der Waals surface area contributed by atoms with Crippen molar-refractivity contribution in [3.8, 4) is 0 Å². The molecule has 118 valence electrons. The first-order chi connectivity index (χ1) is 10.2. The highest BCUT2D eigenvalue weighted by Gasteiger charge is 2.41. The molecule has 0 aromatic rings. The average molecular weight is 311 g/mol. The van der Waals surface area contributed by atoms with E-state index in [1.807, 2.05) is 9.80 Å². The summed E-state index contributed by atoms with van der Waals surface area (Å²) in [5, 5.41) is 0. The Hall–Kier alpha value is -0.750. The average Bonchev–Trinajstić information content (AvgIpc) is 3.26. The Balaban J connectivity index is 1.63. The lowest BCUT2D eigenvalue weighted by molar-refractivity contribution is -0.145. The van der Waals surface area contributed by atoms with Crippen molar-refractivity contribution >= 4 is 23.6 Å². The summed E-state index contributed by atoms with van der Waals surface area (Å²) in [7, 11) is 0. The zero-order valence-corrected chi connectivity index (χ0v) is 13.3. The quantitative estimate of drug-likeness (QED) is 0.840. The van der Waals surface area contributed by atoms with Gasteiger partial charge in [-0.25, -0.2) is 0 Å². The number of thioether (sulfide) groups is 1. The molecule has 0 aromatic carbocycles. The zero-order chi connectivity index (χ0) is 14.8. The summed E-state index contributed by atoms with van der Waals surface area (Å²) < 4.78 is 0. The van der Waals surface area contributed by atoms with Crippen molar-refractivity contribution in [1.29, 1.82) is 0 Å². The summed E-state index contributed by atoms with van der Waals surface area (Å²) in [4.78, 5) is 29.1. The van der Waals surface area contributed by atoms with Crippen molar-refractivity contribution in [2.24, 2.45) is 17.6 Å². The molecule has 3 aliphatic rings. The van der Waals surface area contributed by atoms with Gasteiger partial charge in [0.1, 0.15) is 6.04 Å². The third kappa shape index (κ3) is 3.06. The second-order valence-electron chi connectivity index (χ2n) is 6.48. The fourth-order valence-electron chi connectivity index (χ4n) is 3.71. The second-order valence-corrected chi connectivity index (χ2v) is 7.48. The molecular weight excluding hydrogens is 286 g/mol. The molecule has 1 saturated carbocycles. The molecule has 5 nitrogen and oxygen atoms in total. The first-order valence-electron chi connectivity index (χ1n) is 8.07. The number of hydrogen-bond donors (Lipinski definition) is 1. The number of rotatable bonds is 3. The molecule has 6 heteroatoms. The number of nitrogens with two attached hydrogens (primary N) is 1. The largest absolute Gasteiger partial charge is 0.341 e. The van der Waals surface area contributed by atoms with Crippen LogP contribution < -0.4 is 5.73 Å². The van der Waals surface area contributed by atoms with E-state index in [0.717, 1.165) is 50.9 Å². The van der Waals surface area contributed by atoms with Gasteiger partial charge in [-0.1, -0.05) is 12.8 Å². The third-order valence-electron chi connectivity index (χ3n) is 5.09. The Morgan fingerprint density at radius 1 is 1.14 bits per heavy atom. The lowest BCUT2D eigenvalue weighted by Gasteiger charge is -2.29. The van der Waals surface area contributed by atoms with E-state index in [1.165, 1.54) is 0 Å². The molecule has 0 radical (unpaired) electrons. The summed E-state index contributed by atoms with van der Waals surface area (Å²) in [6.45, 7) is 2.21. The zero-order valence-electron chi connectivity index (χ0n) is 12.5. The van der Waals surface area contributed by atoms with Crippen molar-refractivity contribution in [3.63, 3.8) is 0 Å². The van der Waals surface area contributed by atoms with Gasteiger partial charge in [0.05, 0.1) is 5.88 Å². The molecule has 2 amide bonds. The Bertz CT molecular complexity index is 412. The Labute approximate surface area is 130 Å². The van der Waals surface area contributed by atoms with Crippen LogP contribution in [0.3, 0.4) is 0 Å². The first-order valence-corrected chi connectivity index (χ1v) is 9.23. The van der Waals surface area contributed by atoms with E-state index in [-0.39, 0.29) is 23.8 Å². The lowest BCUT2D eigenvalue weighted by atomic mass is 10.1. The van der Waals surface area contributed by atoms with Crippen LogP contribution in [0.2, 0.25) is 0 Å². The Morgan fingerprint density at radius 2 is 1.90 bits per heavy atom.